The van der Waals surface area contributed by atoms with E-state index in [2.05, 4.69) is 15.2 Å². The molecule has 1 saturated heterocycles. The molecule has 23 heavy (non-hydrogen) atoms. The lowest BCUT2D eigenvalue weighted by atomic mass is 9.98. The van der Waals surface area contributed by atoms with E-state index < -0.39 is 0 Å². The molecule has 1 amide bonds. The number of rotatable bonds is 5. The average Bonchev–Trinajstić information content (AvgIpc) is 3.02. The summed E-state index contributed by atoms with van der Waals surface area (Å²) < 4.78 is 13.3. The third kappa shape index (κ3) is 4.36. The fourth-order valence-electron chi connectivity index (χ4n) is 2.96. The summed E-state index contributed by atoms with van der Waals surface area (Å²) in [6.07, 6.45) is 2.67. The van der Waals surface area contributed by atoms with Gasteiger partial charge in [0, 0.05) is 12.7 Å². The molecule has 0 unspecified atom stereocenters. The van der Waals surface area contributed by atoms with Gasteiger partial charge in [0.15, 0.2) is 0 Å². The van der Waals surface area contributed by atoms with Crippen LogP contribution in [-0.2, 0) is 11.3 Å². The van der Waals surface area contributed by atoms with E-state index in [1.165, 1.54) is 6.07 Å². The van der Waals surface area contributed by atoms with Gasteiger partial charge in [-0.15, -0.1) is 0 Å². The Kier molecular flexibility index (Phi) is 4.98. The van der Waals surface area contributed by atoms with Crippen LogP contribution in [0.25, 0.3) is 0 Å². The number of nitrogens with zero attached hydrogens (tertiary/aromatic N) is 2. The first kappa shape index (κ1) is 15.6. The van der Waals surface area contributed by atoms with Gasteiger partial charge < -0.3 is 5.32 Å². The quantitative estimate of drug-likeness (QED) is 0.921. The number of carbonyl (C=O) groups is 1. The number of amides is 1. The number of nitrogens with one attached hydrogen (secondary N) is 1. The van der Waals surface area contributed by atoms with Crippen molar-refractivity contribution >= 4 is 5.91 Å². The van der Waals surface area contributed by atoms with Crippen LogP contribution in [0.15, 0.2) is 48.7 Å². The van der Waals surface area contributed by atoms with E-state index in [0.29, 0.717) is 19.0 Å². The highest BCUT2D eigenvalue weighted by Crippen LogP contribution is 2.27. The van der Waals surface area contributed by atoms with E-state index in [-0.39, 0.29) is 11.7 Å². The minimum absolute atomic E-state index is 0.00412. The standard InChI is InChI=1S/C18H20FN3O/c19-16-5-3-4-14(10-16)15-7-9-22(12-15)13-18(23)21-11-17-6-1-2-8-20-17/h1-6,8,10,15H,7,9,11-13H2,(H,21,23)/t15-/m0/s1. The number of hydrogen-bond acceptors (Lipinski definition) is 3. The van der Waals surface area contributed by atoms with Crippen molar-refractivity contribution in [2.45, 2.75) is 18.9 Å². The van der Waals surface area contributed by atoms with Gasteiger partial charge >= 0.3 is 0 Å². The molecule has 120 valence electrons. The van der Waals surface area contributed by atoms with Gasteiger partial charge in [-0.2, -0.15) is 0 Å². The molecule has 4 nitrogen and oxygen atoms in total. The van der Waals surface area contributed by atoms with Crippen molar-refractivity contribution in [1.29, 1.82) is 0 Å². The maximum Gasteiger partial charge on any atom is 0.234 e. The molecule has 2 heterocycles. The van der Waals surface area contributed by atoms with E-state index in [4.69, 9.17) is 0 Å². The molecular formula is C18H20FN3O. The summed E-state index contributed by atoms with van der Waals surface area (Å²) in [6.45, 7) is 2.47. The van der Waals surface area contributed by atoms with Crippen LogP contribution >= 0.6 is 0 Å². The molecule has 1 aliphatic heterocycles. The number of halogens is 1. The molecule has 0 bridgehead atoms. The van der Waals surface area contributed by atoms with Crippen LogP contribution in [0.5, 0.6) is 0 Å². The summed E-state index contributed by atoms with van der Waals surface area (Å²) in [4.78, 5) is 18.3. The van der Waals surface area contributed by atoms with Crippen molar-refractivity contribution in [2.75, 3.05) is 19.6 Å². The van der Waals surface area contributed by atoms with Gasteiger partial charge in [-0.05, 0) is 48.7 Å². The van der Waals surface area contributed by atoms with Crippen LogP contribution in [0.4, 0.5) is 4.39 Å². The van der Waals surface area contributed by atoms with Crippen LogP contribution in [0.1, 0.15) is 23.6 Å². The highest BCUT2D eigenvalue weighted by molar-refractivity contribution is 5.78. The summed E-state index contributed by atoms with van der Waals surface area (Å²) in [6, 6.07) is 12.4. The Morgan fingerprint density at radius 3 is 3.00 bits per heavy atom. The van der Waals surface area contributed by atoms with Crippen LogP contribution in [0.2, 0.25) is 0 Å². The van der Waals surface area contributed by atoms with E-state index in [1.807, 2.05) is 24.3 Å². The number of benzene rings is 1. The Balaban J connectivity index is 1.47. The average molecular weight is 313 g/mol. The number of hydrogen-bond donors (Lipinski definition) is 1. The Hall–Kier alpha value is -2.27. The van der Waals surface area contributed by atoms with Crippen molar-refractivity contribution in [3.8, 4) is 0 Å². The van der Waals surface area contributed by atoms with Gasteiger partial charge in [0.05, 0.1) is 18.8 Å². The van der Waals surface area contributed by atoms with Crippen molar-refractivity contribution in [2.24, 2.45) is 0 Å². The zero-order valence-corrected chi connectivity index (χ0v) is 12.9. The van der Waals surface area contributed by atoms with E-state index in [1.54, 1.807) is 18.3 Å². The van der Waals surface area contributed by atoms with Crippen LogP contribution in [0.3, 0.4) is 0 Å². The van der Waals surface area contributed by atoms with Crippen LogP contribution in [-0.4, -0.2) is 35.4 Å². The number of pyridine rings is 1. The fourth-order valence-corrected chi connectivity index (χ4v) is 2.96. The predicted molar refractivity (Wildman–Crippen MR) is 86.3 cm³/mol. The first-order valence-electron chi connectivity index (χ1n) is 7.85. The zero-order chi connectivity index (χ0) is 16.1. The second-order valence-electron chi connectivity index (χ2n) is 5.87. The highest BCUT2D eigenvalue weighted by atomic mass is 19.1. The third-order valence-electron chi connectivity index (χ3n) is 4.15. The van der Waals surface area contributed by atoms with Gasteiger partial charge in [-0.1, -0.05) is 18.2 Å². The van der Waals surface area contributed by atoms with Gasteiger partial charge in [-0.3, -0.25) is 14.7 Å². The highest BCUT2D eigenvalue weighted by Gasteiger charge is 2.25. The summed E-state index contributed by atoms with van der Waals surface area (Å²) in [7, 11) is 0. The Labute approximate surface area is 135 Å². The van der Waals surface area contributed by atoms with Crippen LogP contribution < -0.4 is 5.32 Å². The molecule has 3 rings (SSSR count). The molecule has 0 aliphatic carbocycles. The Morgan fingerprint density at radius 2 is 2.22 bits per heavy atom. The van der Waals surface area contributed by atoms with Crippen molar-refractivity contribution in [3.05, 3.63) is 65.7 Å². The minimum Gasteiger partial charge on any atom is -0.349 e. The SMILES string of the molecule is O=C(CN1CC[C@H](c2cccc(F)c2)C1)NCc1ccccn1. The van der Waals surface area contributed by atoms with Gasteiger partial charge in [-0.25, -0.2) is 4.39 Å². The molecule has 1 aromatic carbocycles. The Morgan fingerprint density at radius 1 is 1.30 bits per heavy atom. The maximum absolute atomic E-state index is 13.3. The minimum atomic E-state index is -0.200. The van der Waals surface area contributed by atoms with Crippen molar-refractivity contribution < 1.29 is 9.18 Å². The molecule has 0 saturated carbocycles. The van der Waals surface area contributed by atoms with Crippen molar-refractivity contribution in [1.82, 2.24) is 15.2 Å². The van der Waals surface area contributed by atoms with E-state index in [9.17, 15) is 9.18 Å². The van der Waals surface area contributed by atoms with E-state index in [0.717, 1.165) is 30.8 Å². The molecule has 0 radical (unpaired) electrons. The predicted octanol–water partition coefficient (Wildman–Crippen LogP) is 2.33. The molecule has 0 spiro atoms. The lowest BCUT2D eigenvalue weighted by molar-refractivity contribution is -0.122. The topological polar surface area (TPSA) is 45.2 Å². The van der Waals surface area contributed by atoms with Gasteiger partial charge in [0.25, 0.3) is 0 Å². The first-order chi connectivity index (χ1) is 11.2. The van der Waals surface area contributed by atoms with Crippen LogP contribution in [0, 0.1) is 5.82 Å². The van der Waals surface area contributed by atoms with Gasteiger partial charge in [0.1, 0.15) is 5.82 Å². The fraction of sp³-hybridized carbons (Fsp3) is 0.333. The molecule has 1 N–H and O–H groups in total. The molecule has 1 atom stereocenters. The summed E-state index contributed by atoms with van der Waals surface area (Å²) in [5.74, 6) is 0.0962. The second kappa shape index (κ2) is 7.33. The number of carbonyl (C=O) groups excluding carboxylic acids is 1. The molecular weight excluding hydrogens is 293 g/mol. The van der Waals surface area contributed by atoms with Crippen molar-refractivity contribution in [3.63, 3.8) is 0 Å². The largest absolute Gasteiger partial charge is 0.349 e. The third-order valence-corrected chi connectivity index (χ3v) is 4.15. The Bertz CT molecular complexity index is 662. The zero-order valence-electron chi connectivity index (χ0n) is 12.9. The molecule has 1 fully saturated rings. The lowest BCUT2D eigenvalue weighted by Gasteiger charge is -2.16. The molecule has 5 heteroatoms. The smallest absolute Gasteiger partial charge is 0.234 e. The lowest BCUT2D eigenvalue weighted by Crippen LogP contribution is -2.35. The number of likely N-dealkylation sites (tertiary alicyclic amines) is 1. The summed E-state index contributed by atoms with van der Waals surface area (Å²) in [5, 5.41) is 2.89. The number of aromatic nitrogens is 1. The first-order valence-corrected chi connectivity index (χ1v) is 7.85. The summed E-state index contributed by atoms with van der Waals surface area (Å²) >= 11 is 0. The van der Waals surface area contributed by atoms with E-state index >= 15 is 0 Å². The second-order valence-corrected chi connectivity index (χ2v) is 5.87. The summed E-state index contributed by atoms with van der Waals surface area (Å²) in [5.41, 5.74) is 1.86. The molecule has 2 aromatic rings. The maximum atomic E-state index is 13.3. The monoisotopic (exact) mass is 313 g/mol. The normalized spacial score (nSPS) is 18.0. The van der Waals surface area contributed by atoms with Gasteiger partial charge in [0.2, 0.25) is 5.91 Å². The molecule has 1 aromatic heterocycles. The molecule has 1 aliphatic rings.